The van der Waals surface area contributed by atoms with Crippen molar-refractivity contribution in [1.82, 2.24) is 0 Å². The van der Waals surface area contributed by atoms with Crippen molar-refractivity contribution in [3.05, 3.63) is 0 Å². The summed E-state index contributed by atoms with van der Waals surface area (Å²) in [5, 5.41) is 14.7. The summed E-state index contributed by atoms with van der Waals surface area (Å²) in [7, 11) is 0. The maximum absolute atomic E-state index is 5.17. The molecule has 8 heteroatoms. The molecule has 8 N–H and O–H groups in total. The quantitative estimate of drug-likeness (QED) is 0.271. The highest BCUT2D eigenvalue weighted by molar-refractivity contribution is 6.41. The Morgan fingerprint density at radius 3 is 1.81 bits per heavy atom. The summed E-state index contributed by atoms with van der Waals surface area (Å²) >= 11 is 0. The average Bonchev–Trinajstić information content (AvgIpc) is 2.20. The maximum Gasteiger partial charge on any atom is 0.211 e. The van der Waals surface area contributed by atoms with Crippen molar-refractivity contribution in [3.63, 3.8) is 0 Å². The van der Waals surface area contributed by atoms with Crippen LogP contribution in [-0.4, -0.2) is 23.3 Å². The van der Waals surface area contributed by atoms with Gasteiger partial charge in [-0.1, -0.05) is 13.3 Å². The van der Waals surface area contributed by atoms with E-state index in [1.807, 2.05) is 6.92 Å². The maximum atomic E-state index is 5.17. The molecular formula is C8H18N8. The zero-order valence-electron chi connectivity index (χ0n) is 9.51. The lowest BCUT2D eigenvalue weighted by Gasteiger charge is -2.00. The van der Waals surface area contributed by atoms with Crippen LogP contribution in [0.1, 0.15) is 26.7 Å². The second kappa shape index (κ2) is 7.21. The molecule has 0 aliphatic carbocycles. The molecule has 0 aliphatic rings. The first kappa shape index (κ1) is 13.9. The number of hydrogen-bond donors (Lipinski definition) is 4. The highest BCUT2D eigenvalue weighted by Gasteiger charge is 2.02. The zero-order valence-corrected chi connectivity index (χ0v) is 9.51. The van der Waals surface area contributed by atoms with Crippen molar-refractivity contribution in [2.45, 2.75) is 26.7 Å². The van der Waals surface area contributed by atoms with Gasteiger partial charge in [0.2, 0.25) is 11.9 Å². The Morgan fingerprint density at radius 1 is 0.875 bits per heavy atom. The van der Waals surface area contributed by atoms with Gasteiger partial charge in [0, 0.05) is 0 Å². The summed E-state index contributed by atoms with van der Waals surface area (Å²) in [4.78, 5) is 0. The van der Waals surface area contributed by atoms with Gasteiger partial charge in [-0.15, -0.1) is 10.2 Å². The van der Waals surface area contributed by atoms with Gasteiger partial charge >= 0.3 is 0 Å². The molecule has 0 aromatic heterocycles. The lowest BCUT2D eigenvalue weighted by Crippen LogP contribution is -2.23. The number of nitrogens with zero attached hydrogens (tertiary/aromatic N) is 4. The third-order valence-electron chi connectivity index (χ3n) is 1.51. The normalized spacial score (nSPS) is 12.1. The van der Waals surface area contributed by atoms with Gasteiger partial charge in [0.15, 0.2) is 0 Å². The minimum Gasteiger partial charge on any atom is -0.369 e. The molecular weight excluding hydrogens is 208 g/mol. The van der Waals surface area contributed by atoms with Crippen LogP contribution in [0.25, 0.3) is 0 Å². The van der Waals surface area contributed by atoms with Gasteiger partial charge in [-0.2, -0.15) is 10.2 Å². The Balaban J connectivity index is 4.92. The van der Waals surface area contributed by atoms with Crippen LogP contribution in [0, 0.1) is 0 Å². The first-order chi connectivity index (χ1) is 7.47. The summed E-state index contributed by atoms with van der Waals surface area (Å²) in [6.45, 7) is 3.72. The molecule has 0 heterocycles. The van der Waals surface area contributed by atoms with Crippen molar-refractivity contribution in [1.29, 1.82) is 0 Å². The molecule has 90 valence electrons. The summed E-state index contributed by atoms with van der Waals surface area (Å²) in [6.07, 6.45) is 1.57. The topological polar surface area (TPSA) is 154 Å². The van der Waals surface area contributed by atoms with Crippen molar-refractivity contribution in [2.75, 3.05) is 0 Å². The highest BCUT2D eigenvalue weighted by Crippen LogP contribution is 1.97. The fraction of sp³-hybridized carbons (Fsp3) is 0.500. The molecule has 0 rings (SSSR count). The molecule has 0 bridgehead atoms. The van der Waals surface area contributed by atoms with Crippen LogP contribution in [-0.2, 0) is 0 Å². The molecule has 0 fully saturated rings. The molecule has 0 amide bonds. The molecule has 8 nitrogen and oxygen atoms in total. The van der Waals surface area contributed by atoms with Crippen LogP contribution in [0.2, 0.25) is 0 Å². The molecule has 0 saturated heterocycles. The van der Waals surface area contributed by atoms with Crippen LogP contribution in [0.3, 0.4) is 0 Å². The number of hydrogen-bond acceptors (Lipinski definition) is 4. The van der Waals surface area contributed by atoms with E-state index in [2.05, 4.69) is 20.4 Å². The molecule has 0 spiro atoms. The lowest BCUT2D eigenvalue weighted by atomic mass is 10.1. The van der Waals surface area contributed by atoms with Crippen LogP contribution in [0.15, 0.2) is 20.4 Å². The van der Waals surface area contributed by atoms with Crippen LogP contribution < -0.4 is 22.9 Å². The Bertz CT molecular complexity index is 330. The number of nitrogens with two attached hydrogens (primary N) is 4. The first-order valence-corrected chi connectivity index (χ1v) is 4.76. The zero-order chi connectivity index (χ0) is 12.6. The Labute approximate surface area is 94.2 Å². The van der Waals surface area contributed by atoms with Crippen molar-refractivity contribution in [2.24, 2.45) is 43.3 Å². The SMILES string of the molecule is CCCC(=N\N=C(N)N)/C(C)=N\N=C(N)N. The number of rotatable bonds is 5. The molecule has 0 aromatic carbocycles. The van der Waals surface area contributed by atoms with E-state index in [9.17, 15) is 0 Å². The molecule has 0 aromatic rings. The smallest absolute Gasteiger partial charge is 0.211 e. The van der Waals surface area contributed by atoms with Gasteiger partial charge in [-0.3, -0.25) is 0 Å². The second-order valence-electron chi connectivity index (χ2n) is 3.03. The standard InChI is InChI=1S/C8H18N8/c1-3-4-6(14-16-8(11)12)5(2)13-15-7(9)10/h3-4H2,1-2H3,(H4,9,10,15)(H4,11,12,16)/b13-5-,14-6+. The fourth-order valence-corrected chi connectivity index (χ4v) is 0.849. The molecule has 16 heavy (non-hydrogen) atoms. The Morgan fingerprint density at radius 2 is 1.38 bits per heavy atom. The van der Waals surface area contributed by atoms with Crippen LogP contribution >= 0.6 is 0 Å². The third kappa shape index (κ3) is 6.35. The van der Waals surface area contributed by atoms with Gasteiger partial charge in [-0.05, 0) is 13.3 Å². The average molecular weight is 226 g/mol. The predicted octanol–water partition coefficient (Wildman–Crippen LogP) is -0.935. The monoisotopic (exact) mass is 226 g/mol. The number of guanidine groups is 2. The molecule has 0 aliphatic heterocycles. The summed E-state index contributed by atoms with van der Waals surface area (Å²) in [5.74, 6) is -0.222. The van der Waals surface area contributed by atoms with Gasteiger partial charge in [0.1, 0.15) is 0 Å². The van der Waals surface area contributed by atoms with E-state index in [4.69, 9.17) is 22.9 Å². The van der Waals surface area contributed by atoms with Gasteiger partial charge in [-0.25, -0.2) is 0 Å². The van der Waals surface area contributed by atoms with E-state index in [-0.39, 0.29) is 11.9 Å². The van der Waals surface area contributed by atoms with E-state index in [1.54, 1.807) is 6.92 Å². The van der Waals surface area contributed by atoms with Crippen LogP contribution in [0.5, 0.6) is 0 Å². The Kier molecular flexibility index (Phi) is 6.25. The van der Waals surface area contributed by atoms with E-state index < -0.39 is 0 Å². The van der Waals surface area contributed by atoms with E-state index in [1.165, 1.54) is 0 Å². The van der Waals surface area contributed by atoms with Crippen molar-refractivity contribution < 1.29 is 0 Å². The summed E-state index contributed by atoms with van der Waals surface area (Å²) < 4.78 is 0. The minimum atomic E-state index is -0.114. The van der Waals surface area contributed by atoms with Gasteiger partial charge < -0.3 is 22.9 Å². The van der Waals surface area contributed by atoms with E-state index in [0.717, 1.165) is 6.42 Å². The molecule has 0 atom stereocenters. The van der Waals surface area contributed by atoms with E-state index in [0.29, 0.717) is 17.8 Å². The largest absolute Gasteiger partial charge is 0.369 e. The molecule has 0 unspecified atom stereocenters. The lowest BCUT2D eigenvalue weighted by molar-refractivity contribution is 0.987. The predicted molar refractivity (Wildman–Crippen MR) is 67.1 cm³/mol. The fourth-order valence-electron chi connectivity index (χ4n) is 0.849. The molecule has 0 saturated carbocycles. The van der Waals surface area contributed by atoms with Crippen molar-refractivity contribution >= 4 is 23.3 Å². The van der Waals surface area contributed by atoms with E-state index >= 15 is 0 Å². The summed E-state index contributed by atoms with van der Waals surface area (Å²) in [5.41, 5.74) is 21.9. The third-order valence-corrected chi connectivity index (χ3v) is 1.51. The van der Waals surface area contributed by atoms with Crippen LogP contribution in [0.4, 0.5) is 0 Å². The summed E-state index contributed by atoms with van der Waals surface area (Å²) in [6, 6.07) is 0. The Hall–Kier alpha value is -2.12. The molecule has 0 radical (unpaired) electrons. The van der Waals surface area contributed by atoms with Gasteiger partial charge in [0.25, 0.3) is 0 Å². The van der Waals surface area contributed by atoms with Gasteiger partial charge in [0.05, 0.1) is 11.4 Å². The van der Waals surface area contributed by atoms with Crippen molar-refractivity contribution in [3.8, 4) is 0 Å². The second-order valence-corrected chi connectivity index (χ2v) is 3.03. The minimum absolute atomic E-state index is 0.108. The first-order valence-electron chi connectivity index (χ1n) is 4.76. The highest BCUT2D eigenvalue weighted by atomic mass is 15.3.